The topological polar surface area (TPSA) is 66.4 Å². The Balaban J connectivity index is 1.35. The fraction of sp³-hybridized carbons (Fsp3) is 0.368. The van der Waals surface area contributed by atoms with E-state index < -0.39 is 61.7 Å². The van der Waals surface area contributed by atoms with Gasteiger partial charge in [-0.05, 0) is 94.6 Å². The average Bonchev–Trinajstić information content (AvgIpc) is 2.03. The third-order valence-electron chi connectivity index (χ3n) is 18.8. The minimum atomic E-state index is -3.50. The van der Waals surface area contributed by atoms with Gasteiger partial charge >= 0.3 is 0 Å². The van der Waals surface area contributed by atoms with Crippen LogP contribution in [-0.4, -0.2) is 75.5 Å². The van der Waals surface area contributed by atoms with Gasteiger partial charge in [-0.15, -0.1) is 0 Å². The van der Waals surface area contributed by atoms with Crippen LogP contribution in [0.3, 0.4) is 0 Å². The number of rotatable bonds is 22. The summed E-state index contributed by atoms with van der Waals surface area (Å²) in [5.41, 5.74) is -0.891. The van der Waals surface area contributed by atoms with E-state index in [1.165, 1.54) is 20.7 Å². The maximum absolute atomic E-state index is 13.8. The van der Waals surface area contributed by atoms with E-state index in [4.69, 9.17) is 22.4 Å². The molecule has 0 radical (unpaired) electrons. The first-order valence-electron chi connectivity index (χ1n) is 31.2. The Kier molecular flexibility index (Phi) is 19.7. The quantitative estimate of drug-likeness (QED) is 0.0539. The lowest BCUT2D eigenvalue weighted by Gasteiger charge is -2.50. The van der Waals surface area contributed by atoms with Crippen molar-refractivity contribution in [2.45, 2.75) is 159 Å². The van der Waals surface area contributed by atoms with Crippen molar-refractivity contribution in [3.05, 3.63) is 223 Å². The van der Waals surface area contributed by atoms with Crippen LogP contribution < -0.4 is 35.9 Å². The van der Waals surface area contributed by atoms with Crippen LogP contribution in [-0.2, 0) is 24.1 Å². The molecule has 448 valence electrons. The molecule has 7 aromatic rings. The number of methoxy groups -OCH3 is 1. The minimum Gasteiger partial charge on any atom is -0.497 e. The minimum absolute atomic E-state index is 0.237. The molecule has 0 saturated carbocycles. The first-order valence-corrected chi connectivity index (χ1v) is 39.5. The number of fused-ring (bicyclic) bond motifs is 1. The van der Waals surface area contributed by atoms with Crippen LogP contribution in [0.25, 0.3) is 0 Å². The maximum Gasteiger partial charge on any atom is 0.262 e. The van der Waals surface area contributed by atoms with Gasteiger partial charge < -0.3 is 27.5 Å². The number of benzene rings is 7. The van der Waals surface area contributed by atoms with Gasteiger partial charge in [0.1, 0.15) is 23.1 Å². The van der Waals surface area contributed by atoms with E-state index in [2.05, 4.69) is 307 Å². The van der Waals surface area contributed by atoms with Gasteiger partial charge in [-0.25, -0.2) is 0 Å². The second-order valence-electron chi connectivity index (χ2n) is 26.9. The number of aliphatic hydroxyl groups excluding tert-OH is 1. The molecular formula is C76H92O6Si4. The molecule has 0 saturated heterocycles. The highest BCUT2D eigenvalue weighted by atomic mass is 28.4. The van der Waals surface area contributed by atoms with Crippen molar-refractivity contribution in [1.82, 2.24) is 0 Å². The van der Waals surface area contributed by atoms with E-state index >= 15 is 0 Å². The third kappa shape index (κ3) is 12.4. The number of aliphatic hydroxyl groups is 1. The zero-order valence-electron chi connectivity index (χ0n) is 53.4. The molecule has 9 rings (SSSR count). The van der Waals surface area contributed by atoms with Gasteiger partial charge in [-0.3, -0.25) is 0 Å². The van der Waals surface area contributed by atoms with Gasteiger partial charge in [-0.2, -0.15) is 0 Å². The lowest BCUT2D eigenvalue weighted by molar-refractivity contribution is -0.0145. The fourth-order valence-corrected chi connectivity index (χ4v) is 31.0. The summed E-state index contributed by atoms with van der Waals surface area (Å²) in [5.74, 6) is 15.9. The van der Waals surface area contributed by atoms with E-state index in [0.717, 1.165) is 39.8 Å². The van der Waals surface area contributed by atoms with E-state index in [9.17, 15) is 5.11 Å². The predicted octanol–water partition coefficient (Wildman–Crippen LogP) is 13.6. The van der Waals surface area contributed by atoms with Crippen molar-refractivity contribution in [1.29, 1.82) is 0 Å². The molecule has 1 N–H and O–H groups in total. The van der Waals surface area contributed by atoms with E-state index in [1.54, 1.807) is 7.11 Å². The van der Waals surface area contributed by atoms with Crippen molar-refractivity contribution in [2.75, 3.05) is 13.7 Å². The number of hydrogen-bond donors (Lipinski definition) is 1. The number of ether oxygens (including phenoxy) is 1. The van der Waals surface area contributed by atoms with Gasteiger partial charge in [0.15, 0.2) is 8.32 Å². The molecule has 7 aromatic carbocycles. The molecular weight excluding hydrogens is 1120 g/mol. The summed E-state index contributed by atoms with van der Waals surface area (Å²) in [6, 6.07) is 76.0. The van der Waals surface area contributed by atoms with Crippen LogP contribution >= 0.6 is 0 Å². The molecule has 0 fully saturated rings. The molecule has 10 heteroatoms. The van der Waals surface area contributed by atoms with Crippen LogP contribution in [0.15, 0.2) is 218 Å². The Morgan fingerprint density at radius 2 is 0.919 bits per heavy atom. The molecule has 6 nitrogen and oxygen atoms in total. The van der Waals surface area contributed by atoms with Crippen LogP contribution in [0.5, 0.6) is 5.75 Å². The number of hydrogen-bond acceptors (Lipinski definition) is 6. The summed E-state index contributed by atoms with van der Waals surface area (Å²) in [6.45, 7) is 28.0. The molecule has 0 spiro atoms. The molecule has 86 heavy (non-hydrogen) atoms. The summed E-state index contributed by atoms with van der Waals surface area (Å²) >= 11 is 0. The van der Waals surface area contributed by atoms with Crippen LogP contribution in [0, 0.1) is 29.6 Å². The molecule has 2 aliphatic rings. The Morgan fingerprint density at radius 1 is 0.523 bits per heavy atom. The van der Waals surface area contributed by atoms with Crippen molar-refractivity contribution in [3.63, 3.8) is 0 Å². The predicted molar refractivity (Wildman–Crippen MR) is 368 cm³/mol. The molecule has 2 aliphatic carbocycles. The van der Waals surface area contributed by atoms with Gasteiger partial charge in [0.05, 0.1) is 13.2 Å². The summed E-state index contributed by atoms with van der Waals surface area (Å²) in [4.78, 5) is 0. The standard InChI is InChI=1S/C76H92O6Si4/c1-14-83(15-2,16-3)81-75(62(56-60-49-51-63(78-13)52-50-60)59-79-84(72(4,5)6,65-36-23-17-24-37-65)66-38-25-18-26-39-66)54-35-48-71(77)76(82-86(74(10,11)12,69-44-31-21-32-45-69)70-46-33-22-34-47-70)58-64(57-61(76)53-55-75)80-85(73(7,8)9,67-40-27-19-28-41-67)68-42-29-20-30-43-68/h17-34,36-47,49-52,57,62,64,71,77H,14-16,54,56,58-59H2,1-13H3/t62-,64+,71+,75+,76+/m0/s1. The van der Waals surface area contributed by atoms with Crippen molar-refractivity contribution in [3.8, 4) is 29.4 Å². The molecule has 5 atom stereocenters. The monoisotopic (exact) mass is 1210 g/mol. The van der Waals surface area contributed by atoms with Gasteiger partial charge in [0.25, 0.3) is 25.0 Å². The van der Waals surface area contributed by atoms with Crippen LogP contribution in [0.2, 0.25) is 33.2 Å². The second-order valence-corrected chi connectivity index (χ2v) is 44.3. The average molecular weight is 1210 g/mol. The third-order valence-corrected chi connectivity index (χ3v) is 38.6. The van der Waals surface area contributed by atoms with Gasteiger partial charge in [-0.1, -0.05) is 301 Å². The van der Waals surface area contributed by atoms with Crippen LogP contribution in [0.4, 0.5) is 0 Å². The van der Waals surface area contributed by atoms with E-state index in [0.29, 0.717) is 18.6 Å². The molecule has 0 amide bonds. The highest BCUT2D eigenvalue weighted by molar-refractivity contribution is 7.01. The first kappa shape index (κ1) is 64.3. The maximum atomic E-state index is 13.8. The fourth-order valence-electron chi connectivity index (χ4n) is 14.0. The molecule has 0 heterocycles. The van der Waals surface area contributed by atoms with E-state index in [1.807, 2.05) is 12.1 Å². The SMILES string of the molecule is CC[Si](CC)(CC)O[C@@]1([C@H](CO[Si](c2ccccc2)(c2ccccc2)C(C)(C)C)Cc2ccc(OC)cc2)C#CC2=C[C@@H](O[Si](c3ccccc3)(c3ccccc3)C(C)(C)C)C[C@]2(O[Si](c2ccccc2)(c2ccccc2)C(C)(C)C)[C@H](O)C#CC1. The zero-order chi connectivity index (χ0) is 61.5. The van der Waals surface area contributed by atoms with Crippen molar-refractivity contribution in [2.24, 2.45) is 5.92 Å². The van der Waals surface area contributed by atoms with Crippen molar-refractivity contribution < 1.29 is 27.5 Å². The van der Waals surface area contributed by atoms with E-state index in [-0.39, 0.29) is 28.8 Å². The smallest absolute Gasteiger partial charge is 0.262 e. The summed E-state index contributed by atoms with van der Waals surface area (Å²) in [7, 11) is -10.8. The highest BCUT2D eigenvalue weighted by Crippen LogP contribution is 2.50. The summed E-state index contributed by atoms with van der Waals surface area (Å²) in [5, 5.41) is 19.6. The Morgan fingerprint density at radius 3 is 1.30 bits per heavy atom. The van der Waals surface area contributed by atoms with Crippen LogP contribution in [0.1, 0.15) is 101 Å². The molecule has 0 aromatic heterocycles. The summed E-state index contributed by atoms with van der Waals surface area (Å²) in [6.07, 6.45) is 1.42. The lowest BCUT2D eigenvalue weighted by atomic mass is 9.81. The Labute approximate surface area is 520 Å². The van der Waals surface area contributed by atoms with Gasteiger partial charge in [0.2, 0.25) is 0 Å². The molecule has 0 aliphatic heterocycles. The second kappa shape index (κ2) is 26.3. The highest BCUT2D eigenvalue weighted by Gasteiger charge is 2.62. The normalized spacial score (nSPS) is 19.7. The Hall–Kier alpha value is -6.13. The zero-order valence-corrected chi connectivity index (χ0v) is 57.4. The summed E-state index contributed by atoms with van der Waals surface area (Å²) < 4.78 is 38.7. The van der Waals surface area contributed by atoms with Crippen molar-refractivity contribution >= 4 is 64.4 Å². The van der Waals surface area contributed by atoms with Gasteiger partial charge in [0, 0.05) is 30.9 Å². The molecule has 0 unspecified atom stereocenters. The largest absolute Gasteiger partial charge is 0.497 e. The Bertz CT molecular complexity index is 3350. The lowest BCUT2D eigenvalue weighted by Crippen LogP contribution is -2.71. The first-order chi connectivity index (χ1) is 41.1. The molecule has 0 bridgehead atoms.